The Morgan fingerprint density at radius 2 is 2.20 bits per heavy atom. The maximum atomic E-state index is 11.5. The lowest BCUT2D eigenvalue weighted by Gasteiger charge is -2.10. The van der Waals surface area contributed by atoms with E-state index in [4.69, 9.17) is 5.73 Å². The van der Waals surface area contributed by atoms with Crippen molar-refractivity contribution >= 4 is 17.6 Å². The molecule has 0 spiro atoms. The maximum absolute atomic E-state index is 11.5. The summed E-state index contributed by atoms with van der Waals surface area (Å²) in [5.74, 6) is -1.04. The summed E-state index contributed by atoms with van der Waals surface area (Å²) in [6.07, 6.45) is 0.736. The van der Waals surface area contributed by atoms with E-state index in [1.54, 1.807) is 6.92 Å². The number of ketones is 1. The zero-order valence-electron chi connectivity index (χ0n) is 8.79. The number of hydrogen-bond acceptors (Lipinski definition) is 3. The van der Waals surface area contributed by atoms with Gasteiger partial charge in [0.1, 0.15) is 5.78 Å². The molecule has 2 amide bonds. The van der Waals surface area contributed by atoms with Crippen LogP contribution in [0, 0.1) is 11.8 Å². The quantitative estimate of drug-likeness (QED) is 0.666. The molecule has 0 aromatic heterocycles. The molecule has 15 heavy (non-hydrogen) atoms. The van der Waals surface area contributed by atoms with Crippen LogP contribution in [0.4, 0.5) is 0 Å². The largest absolute Gasteiger partial charge is 0.370 e. The average Bonchev–Trinajstić information content (AvgIpc) is 2.29. The van der Waals surface area contributed by atoms with Crippen molar-refractivity contribution in [1.82, 2.24) is 5.32 Å². The number of nitrogens with two attached hydrogens (primary N) is 1. The monoisotopic (exact) mass is 212 g/mol. The Balaban J connectivity index is 2.57. The molecule has 0 radical (unpaired) electrons. The van der Waals surface area contributed by atoms with Crippen LogP contribution in [0.1, 0.15) is 26.2 Å². The van der Waals surface area contributed by atoms with Gasteiger partial charge in [-0.25, -0.2) is 0 Å². The highest BCUT2D eigenvalue weighted by atomic mass is 16.2. The number of carbonyl (C=O) groups is 3. The minimum atomic E-state index is -0.437. The first kappa shape index (κ1) is 11.7. The number of nitrogens with one attached hydrogen (secondary N) is 1. The van der Waals surface area contributed by atoms with Crippen LogP contribution in [0.2, 0.25) is 0 Å². The molecule has 0 saturated carbocycles. The predicted molar refractivity (Wildman–Crippen MR) is 53.7 cm³/mol. The molecule has 0 aromatic rings. The van der Waals surface area contributed by atoms with Crippen LogP contribution in [0.25, 0.3) is 0 Å². The van der Waals surface area contributed by atoms with Gasteiger partial charge in [0.15, 0.2) is 0 Å². The van der Waals surface area contributed by atoms with Gasteiger partial charge in [-0.2, -0.15) is 0 Å². The molecule has 0 aliphatic carbocycles. The Hall–Kier alpha value is -1.39. The average molecular weight is 212 g/mol. The van der Waals surface area contributed by atoms with Gasteiger partial charge >= 0.3 is 0 Å². The molecule has 1 heterocycles. The van der Waals surface area contributed by atoms with Crippen molar-refractivity contribution in [3.63, 3.8) is 0 Å². The third-order valence-electron chi connectivity index (χ3n) is 2.69. The Morgan fingerprint density at radius 3 is 2.80 bits per heavy atom. The lowest BCUT2D eigenvalue weighted by Crippen LogP contribution is -2.30. The molecule has 84 valence electrons. The summed E-state index contributed by atoms with van der Waals surface area (Å²) in [5, 5.41) is 2.69. The van der Waals surface area contributed by atoms with E-state index in [1.165, 1.54) is 0 Å². The van der Waals surface area contributed by atoms with Crippen molar-refractivity contribution in [2.45, 2.75) is 26.2 Å². The van der Waals surface area contributed by atoms with Crippen molar-refractivity contribution in [3.8, 4) is 0 Å². The van der Waals surface area contributed by atoms with E-state index in [-0.39, 0.29) is 30.4 Å². The zero-order chi connectivity index (χ0) is 11.4. The topological polar surface area (TPSA) is 89.3 Å². The van der Waals surface area contributed by atoms with Crippen LogP contribution < -0.4 is 11.1 Å². The normalized spacial score (nSPS) is 27.0. The number of hydrogen-bond donors (Lipinski definition) is 2. The fourth-order valence-electron chi connectivity index (χ4n) is 1.60. The Morgan fingerprint density at radius 1 is 1.53 bits per heavy atom. The highest BCUT2D eigenvalue weighted by molar-refractivity contribution is 5.90. The Bertz CT molecular complexity index is 288. The first-order valence-corrected chi connectivity index (χ1v) is 5.09. The molecule has 3 N–H and O–H groups in total. The predicted octanol–water partition coefficient (Wildman–Crippen LogP) is -0.407. The number of amides is 2. The van der Waals surface area contributed by atoms with E-state index in [2.05, 4.69) is 5.32 Å². The van der Waals surface area contributed by atoms with Gasteiger partial charge < -0.3 is 11.1 Å². The number of carbonyl (C=O) groups excluding carboxylic acids is 3. The summed E-state index contributed by atoms with van der Waals surface area (Å²) < 4.78 is 0. The molecule has 1 fully saturated rings. The first-order valence-electron chi connectivity index (χ1n) is 5.09. The van der Waals surface area contributed by atoms with Gasteiger partial charge in [-0.15, -0.1) is 0 Å². The van der Waals surface area contributed by atoms with Gasteiger partial charge in [-0.05, 0) is 6.42 Å². The second-order valence-electron chi connectivity index (χ2n) is 4.02. The molecule has 0 aromatic carbocycles. The van der Waals surface area contributed by atoms with Crippen LogP contribution >= 0.6 is 0 Å². The molecule has 1 rings (SSSR count). The van der Waals surface area contributed by atoms with E-state index in [0.29, 0.717) is 13.0 Å². The summed E-state index contributed by atoms with van der Waals surface area (Å²) in [6.45, 7) is 2.18. The van der Waals surface area contributed by atoms with Gasteiger partial charge in [0.25, 0.3) is 0 Å². The standard InChI is InChI=1S/C10H16N2O3/c1-6-5-12-10(15)7(4-8(6)13)2-3-9(11)14/h6-7H,2-5H2,1H3,(H2,11,14)(H,12,15). The molecular formula is C10H16N2O3. The fourth-order valence-corrected chi connectivity index (χ4v) is 1.60. The van der Waals surface area contributed by atoms with Gasteiger partial charge in [-0.1, -0.05) is 6.92 Å². The third kappa shape index (κ3) is 3.34. The first-order chi connectivity index (χ1) is 7.00. The van der Waals surface area contributed by atoms with Gasteiger partial charge in [0.05, 0.1) is 0 Å². The molecule has 2 atom stereocenters. The van der Waals surface area contributed by atoms with E-state index in [1.807, 2.05) is 0 Å². The minimum absolute atomic E-state index is 0.0721. The van der Waals surface area contributed by atoms with Crippen LogP contribution in [-0.2, 0) is 14.4 Å². The zero-order valence-corrected chi connectivity index (χ0v) is 8.79. The van der Waals surface area contributed by atoms with Crippen LogP contribution in [0.5, 0.6) is 0 Å². The Labute approximate surface area is 88.4 Å². The second kappa shape index (κ2) is 4.91. The van der Waals surface area contributed by atoms with Crippen LogP contribution in [0.15, 0.2) is 0 Å². The summed E-state index contributed by atoms with van der Waals surface area (Å²) in [6, 6.07) is 0. The lowest BCUT2D eigenvalue weighted by atomic mass is 9.93. The number of Topliss-reactive ketones (excluding diaryl/α,β-unsaturated/α-hetero) is 1. The molecule has 0 bridgehead atoms. The molecule has 5 heteroatoms. The van der Waals surface area contributed by atoms with Crippen molar-refractivity contribution in [2.75, 3.05) is 6.54 Å². The molecule has 2 unspecified atom stereocenters. The van der Waals surface area contributed by atoms with Gasteiger partial charge in [-0.3, -0.25) is 14.4 Å². The molecular weight excluding hydrogens is 196 g/mol. The van der Waals surface area contributed by atoms with E-state index < -0.39 is 11.8 Å². The fraction of sp³-hybridized carbons (Fsp3) is 0.700. The SMILES string of the molecule is CC1CNC(=O)C(CCC(N)=O)CC1=O. The van der Waals surface area contributed by atoms with Crippen molar-refractivity contribution in [1.29, 1.82) is 0 Å². The maximum Gasteiger partial charge on any atom is 0.223 e. The molecule has 1 saturated heterocycles. The van der Waals surface area contributed by atoms with Gasteiger partial charge in [0, 0.05) is 31.2 Å². The number of rotatable bonds is 3. The molecule has 5 nitrogen and oxygen atoms in total. The summed E-state index contributed by atoms with van der Waals surface area (Å²) >= 11 is 0. The van der Waals surface area contributed by atoms with Gasteiger partial charge in [0.2, 0.25) is 11.8 Å². The second-order valence-corrected chi connectivity index (χ2v) is 4.02. The summed E-state index contributed by atoms with van der Waals surface area (Å²) in [5.41, 5.74) is 5.00. The molecule has 1 aliphatic heterocycles. The summed E-state index contributed by atoms with van der Waals surface area (Å²) in [4.78, 5) is 33.6. The van der Waals surface area contributed by atoms with Crippen LogP contribution in [-0.4, -0.2) is 24.1 Å². The smallest absolute Gasteiger partial charge is 0.223 e. The molecule has 1 aliphatic rings. The lowest BCUT2D eigenvalue weighted by molar-refractivity contribution is -0.128. The van der Waals surface area contributed by atoms with E-state index >= 15 is 0 Å². The minimum Gasteiger partial charge on any atom is -0.370 e. The highest BCUT2D eigenvalue weighted by Gasteiger charge is 2.28. The highest BCUT2D eigenvalue weighted by Crippen LogP contribution is 2.17. The van der Waals surface area contributed by atoms with E-state index in [0.717, 1.165) is 0 Å². The Kier molecular flexibility index (Phi) is 3.82. The van der Waals surface area contributed by atoms with Crippen molar-refractivity contribution in [2.24, 2.45) is 17.6 Å². The third-order valence-corrected chi connectivity index (χ3v) is 2.69. The van der Waals surface area contributed by atoms with Crippen molar-refractivity contribution in [3.05, 3.63) is 0 Å². The van der Waals surface area contributed by atoms with Crippen molar-refractivity contribution < 1.29 is 14.4 Å². The number of primary amides is 1. The van der Waals surface area contributed by atoms with Crippen LogP contribution in [0.3, 0.4) is 0 Å². The van der Waals surface area contributed by atoms with E-state index in [9.17, 15) is 14.4 Å². The summed E-state index contributed by atoms with van der Waals surface area (Å²) in [7, 11) is 0.